The van der Waals surface area contributed by atoms with Gasteiger partial charge in [0.2, 0.25) is 0 Å². The molecule has 1 amide bonds. The molecular weight excluding hydrogens is 665 g/mol. The van der Waals surface area contributed by atoms with Crippen LogP contribution in [0.5, 0.6) is 0 Å². The number of unbranched alkanes of at least 4 members (excludes halogenated alkanes) is 30. The summed E-state index contributed by atoms with van der Waals surface area (Å²) < 4.78 is 0. The topological polar surface area (TPSA) is 147 Å². The number of aliphatic hydroxyl groups is 5. The van der Waals surface area contributed by atoms with Crippen molar-refractivity contribution in [2.75, 3.05) is 26.2 Å². The van der Waals surface area contributed by atoms with Crippen LogP contribution >= 0.6 is 0 Å². The molecule has 0 aromatic rings. The highest BCUT2D eigenvalue weighted by molar-refractivity contribution is 5.86. The monoisotopic (exact) mass is 757 g/mol. The highest BCUT2D eigenvalue weighted by Crippen LogP contribution is 2.26. The third kappa shape index (κ3) is 28.3. The highest BCUT2D eigenvalue weighted by atomic mass is 16.4. The molecule has 0 aromatic heterocycles. The zero-order valence-electron chi connectivity index (χ0n) is 35.3. The van der Waals surface area contributed by atoms with Gasteiger partial charge in [-0.05, 0) is 32.2 Å². The Bertz CT molecular complexity index is 737. The van der Waals surface area contributed by atoms with E-state index in [0.29, 0.717) is 13.1 Å². The lowest BCUT2D eigenvalue weighted by Gasteiger charge is -2.39. The fraction of sp³-hybridized carbons (Fsp3) is 0.978. The molecule has 0 spiro atoms. The lowest BCUT2D eigenvalue weighted by atomic mass is 9.84. The van der Waals surface area contributed by atoms with Crippen LogP contribution in [0, 0.1) is 0 Å². The maximum absolute atomic E-state index is 13.9. The quantitative estimate of drug-likeness (QED) is 0.0340. The Labute approximate surface area is 328 Å². The minimum Gasteiger partial charge on any atom is -0.394 e. The van der Waals surface area contributed by atoms with Gasteiger partial charge < -0.3 is 36.2 Å². The van der Waals surface area contributed by atoms with Gasteiger partial charge in [0.05, 0.1) is 6.61 Å². The maximum Gasteiger partial charge on any atom is 0.257 e. The van der Waals surface area contributed by atoms with Crippen LogP contribution in [-0.4, -0.2) is 86.5 Å². The van der Waals surface area contributed by atoms with Crippen LogP contribution in [0.25, 0.3) is 0 Å². The molecule has 8 nitrogen and oxygen atoms in total. The van der Waals surface area contributed by atoms with E-state index in [1.54, 1.807) is 4.90 Å². The number of hydrogen-bond acceptors (Lipinski definition) is 7. The van der Waals surface area contributed by atoms with Crippen molar-refractivity contribution in [3.8, 4) is 0 Å². The second kappa shape index (κ2) is 38.1. The molecule has 0 fully saturated rings. The zero-order chi connectivity index (χ0) is 39.3. The van der Waals surface area contributed by atoms with Gasteiger partial charge in [0, 0.05) is 13.1 Å². The first-order valence-electron chi connectivity index (χ1n) is 23.2. The van der Waals surface area contributed by atoms with Crippen molar-refractivity contribution in [3.05, 3.63) is 0 Å². The largest absolute Gasteiger partial charge is 0.394 e. The Kier molecular flexibility index (Phi) is 37.6. The first kappa shape index (κ1) is 52.2. The first-order valence-corrected chi connectivity index (χ1v) is 23.2. The first-order chi connectivity index (χ1) is 25.8. The Hall–Kier alpha value is -0.770. The van der Waals surface area contributed by atoms with E-state index in [2.05, 4.69) is 13.8 Å². The van der Waals surface area contributed by atoms with Gasteiger partial charge in [-0.3, -0.25) is 4.79 Å². The summed E-state index contributed by atoms with van der Waals surface area (Å²) in [6.07, 6.45) is 35.3. The number of nitrogens with two attached hydrogens (primary N) is 1. The van der Waals surface area contributed by atoms with E-state index >= 15 is 0 Å². The summed E-state index contributed by atoms with van der Waals surface area (Å²) in [5.74, 6) is -0.621. The van der Waals surface area contributed by atoms with Gasteiger partial charge in [0.25, 0.3) is 5.91 Å². The molecule has 7 N–H and O–H groups in total. The molecule has 0 saturated heterocycles. The Morgan fingerprint density at radius 2 is 0.792 bits per heavy atom. The highest BCUT2D eigenvalue weighted by Gasteiger charge is 2.49. The van der Waals surface area contributed by atoms with E-state index in [0.717, 1.165) is 38.5 Å². The molecule has 53 heavy (non-hydrogen) atoms. The Balaban J connectivity index is 4.66. The summed E-state index contributed by atoms with van der Waals surface area (Å²) in [6, 6.07) is 0. The third-order valence-corrected chi connectivity index (χ3v) is 11.4. The van der Waals surface area contributed by atoms with Crippen LogP contribution < -0.4 is 5.73 Å². The summed E-state index contributed by atoms with van der Waals surface area (Å²) in [5, 5.41) is 52.4. The van der Waals surface area contributed by atoms with Crippen LogP contribution in [0.15, 0.2) is 0 Å². The predicted octanol–water partition coefficient (Wildman–Crippen LogP) is 9.88. The summed E-state index contributed by atoms with van der Waals surface area (Å²) in [6.45, 7) is 4.91. The summed E-state index contributed by atoms with van der Waals surface area (Å²) in [7, 11) is 0. The fourth-order valence-corrected chi connectivity index (χ4v) is 7.64. The van der Waals surface area contributed by atoms with Crippen molar-refractivity contribution in [1.82, 2.24) is 4.90 Å². The third-order valence-electron chi connectivity index (χ3n) is 11.4. The molecule has 0 heterocycles. The number of carbonyl (C=O) groups excluding carboxylic acids is 1. The second-order valence-corrected chi connectivity index (χ2v) is 16.4. The lowest BCUT2D eigenvalue weighted by molar-refractivity contribution is -0.187. The molecule has 4 atom stereocenters. The molecule has 0 saturated carbocycles. The van der Waals surface area contributed by atoms with Crippen LogP contribution in [0.2, 0.25) is 0 Å². The average Bonchev–Trinajstić information content (AvgIpc) is 3.17. The van der Waals surface area contributed by atoms with Crippen LogP contribution in [0.3, 0.4) is 0 Å². The number of hydrogen-bond donors (Lipinski definition) is 6. The number of amides is 1. The number of aliphatic hydroxyl groups excluding tert-OH is 4. The van der Waals surface area contributed by atoms with E-state index in [-0.39, 0.29) is 19.4 Å². The molecule has 0 aliphatic heterocycles. The van der Waals surface area contributed by atoms with Crippen LogP contribution in [0.1, 0.15) is 232 Å². The fourth-order valence-electron chi connectivity index (χ4n) is 7.64. The Morgan fingerprint density at radius 3 is 1.06 bits per heavy atom. The van der Waals surface area contributed by atoms with E-state index in [1.807, 2.05) is 0 Å². The van der Waals surface area contributed by atoms with Crippen molar-refractivity contribution in [2.24, 2.45) is 5.73 Å². The smallest absolute Gasteiger partial charge is 0.257 e. The van der Waals surface area contributed by atoms with Gasteiger partial charge >= 0.3 is 0 Å². The summed E-state index contributed by atoms with van der Waals surface area (Å²) >= 11 is 0. The number of nitrogens with zero attached hydrogens (tertiary/aromatic N) is 1. The molecule has 0 radical (unpaired) electrons. The molecule has 0 bridgehead atoms. The number of rotatable bonds is 42. The van der Waals surface area contributed by atoms with Crippen molar-refractivity contribution in [2.45, 2.75) is 256 Å². The molecule has 0 aliphatic carbocycles. The minimum atomic E-state index is -2.29. The van der Waals surface area contributed by atoms with Gasteiger partial charge in [-0.1, -0.05) is 206 Å². The molecule has 0 unspecified atom stereocenters. The van der Waals surface area contributed by atoms with Gasteiger partial charge in [0.15, 0.2) is 5.60 Å². The van der Waals surface area contributed by atoms with E-state index in [4.69, 9.17) is 5.73 Å². The summed E-state index contributed by atoms with van der Waals surface area (Å²) in [4.78, 5) is 15.6. The van der Waals surface area contributed by atoms with Crippen molar-refractivity contribution >= 4 is 5.91 Å². The minimum absolute atomic E-state index is 0.132. The van der Waals surface area contributed by atoms with E-state index < -0.39 is 36.4 Å². The molecule has 318 valence electrons. The van der Waals surface area contributed by atoms with Gasteiger partial charge in [0.1, 0.15) is 18.3 Å². The zero-order valence-corrected chi connectivity index (χ0v) is 35.3. The lowest BCUT2D eigenvalue weighted by Crippen LogP contribution is -2.62. The molecule has 8 heteroatoms. The predicted molar refractivity (Wildman–Crippen MR) is 224 cm³/mol. The summed E-state index contributed by atoms with van der Waals surface area (Å²) in [5.41, 5.74) is 3.42. The van der Waals surface area contributed by atoms with Crippen LogP contribution in [0.4, 0.5) is 0 Å². The van der Waals surface area contributed by atoms with Gasteiger partial charge in [-0.25, -0.2) is 0 Å². The van der Waals surface area contributed by atoms with Crippen molar-refractivity contribution in [3.63, 3.8) is 0 Å². The molecule has 0 rings (SSSR count). The van der Waals surface area contributed by atoms with Crippen molar-refractivity contribution < 1.29 is 30.3 Å². The van der Waals surface area contributed by atoms with E-state index in [9.17, 15) is 30.3 Å². The Morgan fingerprint density at radius 1 is 0.509 bits per heavy atom. The van der Waals surface area contributed by atoms with Gasteiger partial charge in [-0.15, -0.1) is 0 Å². The SMILES string of the molecule is CCCCCCCCCCCCCCCCCCN(CCCCCCCCCCCCCCCCCC)C(=O)[C@@](O)(CCCN)[C@@H](O)[C@H](O)[C@H](O)CO. The van der Waals surface area contributed by atoms with Crippen LogP contribution in [-0.2, 0) is 4.79 Å². The van der Waals surface area contributed by atoms with E-state index in [1.165, 1.54) is 167 Å². The average molecular weight is 757 g/mol. The second-order valence-electron chi connectivity index (χ2n) is 16.4. The number of carbonyl (C=O) groups is 1. The standard InChI is InChI=1S/C45H92N2O6/c1-3-5-7-9-11-13-15-17-19-21-23-25-27-29-31-33-38-47(44(52)45(53,36-35-37-46)43(51)42(50)41(49)40-48)39-34-32-30-28-26-24-22-20-18-16-14-12-10-8-6-4-2/h41-43,48-51,53H,3-40,46H2,1-2H3/t41-,42-,43+,45-/m1/s1. The maximum atomic E-state index is 13.9. The molecule has 0 aliphatic rings. The normalized spacial score (nSPS) is 14.6. The van der Waals surface area contributed by atoms with Crippen molar-refractivity contribution in [1.29, 1.82) is 0 Å². The molecule has 0 aromatic carbocycles. The molecular formula is C45H92N2O6. The van der Waals surface area contributed by atoms with Gasteiger partial charge in [-0.2, -0.15) is 0 Å².